The number of hydrogen-bond donors (Lipinski definition) is 1. The van der Waals surface area contributed by atoms with Crippen molar-refractivity contribution in [1.29, 1.82) is 0 Å². The van der Waals surface area contributed by atoms with Crippen LogP contribution in [-0.2, 0) is 11.2 Å². The number of rotatable bonds is 6. The lowest BCUT2D eigenvalue weighted by Crippen LogP contribution is -2.09. The predicted octanol–water partition coefficient (Wildman–Crippen LogP) is 6.32. The molecule has 0 spiro atoms. The molecule has 0 radical (unpaired) electrons. The fourth-order valence-electron chi connectivity index (χ4n) is 3.08. The van der Waals surface area contributed by atoms with Gasteiger partial charge in [-0.15, -0.1) is 0 Å². The van der Waals surface area contributed by atoms with Gasteiger partial charge in [0.2, 0.25) is 0 Å². The van der Waals surface area contributed by atoms with Crippen LogP contribution < -0.4 is 4.90 Å². The summed E-state index contributed by atoms with van der Waals surface area (Å²) in [7, 11) is 0. The molecule has 3 aromatic carbocycles. The lowest BCUT2D eigenvalue weighted by Gasteiger charge is -2.22. The second-order valence-corrected chi connectivity index (χ2v) is 7.70. The van der Waals surface area contributed by atoms with Crippen LogP contribution >= 0.6 is 11.3 Å². The Kier molecular flexibility index (Phi) is 5.73. The maximum absolute atomic E-state index is 13.5. The van der Waals surface area contributed by atoms with Gasteiger partial charge in [0.05, 0.1) is 12.1 Å². The number of nitrogens with zero attached hydrogens (tertiary/aromatic N) is 2. The third-order valence-corrected chi connectivity index (χ3v) is 5.52. The number of aliphatic carboxylic acids is 1. The molecule has 0 atom stereocenters. The molecule has 0 saturated carbocycles. The molecule has 4 rings (SSSR count). The van der Waals surface area contributed by atoms with E-state index in [0.717, 1.165) is 11.3 Å². The van der Waals surface area contributed by atoms with E-state index in [1.54, 1.807) is 29.2 Å². The topological polar surface area (TPSA) is 53.4 Å². The molecule has 4 nitrogen and oxygen atoms in total. The zero-order valence-electron chi connectivity index (χ0n) is 15.9. The van der Waals surface area contributed by atoms with Crippen molar-refractivity contribution >= 4 is 33.8 Å². The van der Waals surface area contributed by atoms with Gasteiger partial charge in [-0.2, -0.15) is 0 Å². The van der Waals surface area contributed by atoms with Gasteiger partial charge in [0.1, 0.15) is 17.5 Å². The summed E-state index contributed by atoms with van der Waals surface area (Å²) in [5.41, 5.74) is 2.11. The average Bonchev–Trinajstić information content (AvgIpc) is 3.14. The number of anilines is 3. The van der Waals surface area contributed by atoms with Crippen molar-refractivity contribution in [2.24, 2.45) is 0 Å². The number of aromatic nitrogens is 1. The summed E-state index contributed by atoms with van der Waals surface area (Å²) in [6.07, 6.45) is -0.273. The van der Waals surface area contributed by atoms with Crippen LogP contribution in [0.15, 0.2) is 72.8 Å². The summed E-state index contributed by atoms with van der Waals surface area (Å²) < 4.78 is 40.4. The minimum Gasteiger partial charge on any atom is -0.481 e. The molecule has 1 heterocycles. The highest BCUT2D eigenvalue weighted by Crippen LogP contribution is 2.41. The Morgan fingerprint density at radius 2 is 1.26 bits per heavy atom. The molecule has 31 heavy (non-hydrogen) atoms. The van der Waals surface area contributed by atoms with E-state index in [0.29, 0.717) is 32.6 Å². The van der Waals surface area contributed by atoms with Crippen LogP contribution in [-0.4, -0.2) is 16.1 Å². The molecule has 0 saturated heterocycles. The number of halogens is 3. The van der Waals surface area contributed by atoms with E-state index >= 15 is 0 Å². The molecule has 0 bridgehead atoms. The Morgan fingerprint density at radius 3 is 1.71 bits per heavy atom. The summed E-state index contributed by atoms with van der Waals surface area (Å²) in [5.74, 6) is -2.28. The van der Waals surface area contributed by atoms with E-state index in [1.807, 2.05) is 0 Å². The first kappa shape index (κ1) is 20.6. The number of carboxylic acids is 1. The van der Waals surface area contributed by atoms with Crippen LogP contribution in [0.3, 0.4) is 0 Å². The van der Waals surface area contributed by atoms with Crippen LogP contribution in [0.2, 0.25) is 0 Å². The van der Waals surface area contributed by atoms with Gasteiger partial charge in [-0.25, -0.2) is 18.2 Å². The molecule has 0 aliphatic carbocycles. The monoisotopic (exact) mass is 440 g/mol. The number of hydrogen-bond acceptors (Lipinski definition) is 4. The van der Waals surface area contributed by atoms with E-state index in [-0.39, 0.29) is 6.42 Å². The van der Waals surface area contributed by atoms with Crippen molar-refractivity contribution in [3.63, 3.8) is 0 Å². The summed E-state index contributed by atoms with van der Waals surface area (Å²) in [6, 6.07) is 17.0. The van der Waals surface area contributed by atoms with E-state index in [4.69, 9.17) is 0 Å². The standard InChI is InChI=1S/C23H15F3N2O2S/c24-15-3-1-14(2-4-15)22-20(13-21(29)30)31-23(27-22)28(18-9-5-16(25)6-10-18)19-11-7-17(26)8-12-19/h1-12H,13H2,(H,29,30). The van der Waals surface area contributed by atoms with Crippen molar-refractivity contribution in [1.82, 2.24) is 4.98 Å². The van der Waals surface area contributed by atoms with Crippen LogP contribution in [0, 0.1) is 17.5 Å². The zero-order valence-corrected chi connectivity index (χ0v) is 16.7. The van der Waals surface area contributed by atoms with E-state index in [1.165, 1.54) is 48.5 Å². The highest BCUT2D eigenvalue weighted by molar-refractivity contribution is 7.16. The first-order valence-electron chi connectivity index (χ1n) is 9.19. The van der Waals surface area contributed by atoms with Gasteiger partial charge >= 0.3 is 5.97 Å². The normalized spacial score (nSPS) is 10.8. The molecule has 156 valence electrons. The minimum absolute atomic E-state index is 0.273. The fraction of sp³-hybridized carbons (Fsp3) is 0.0435. The summed E-state index contributed by atoms with van der Waals surface area (Å²) in [5, 5.41) is 9.76. The van der Waals surface area contributed by atoms with Crippen molar-refractivity contribution in [2.75, 3.05) is 4.90 Å². The Labute approximate surface area is 179 Å². The predicted molar refractivity (Wildman–Crippen MR) is 113 cm³/mol. The van der Waals surface area contributed by atoms with Gasteiger partial charge in [-0.1, -0.05) is 11.3 Å². The molecule has 0 aliphatic rings. The van der Waals surface area contributed by atoms with Gasteiger partial charge in [0, 0.05) is 21.8 Å². The van der Waals surface area contributed by atoms with Crippen molar-refractivity contribution in [3.05, 3.63) is 95.1 Å². The molecule has 8 heteroatoms. The first-order valence-corrected chi connectivity index (χ1v) is 10.0. The Hall–Kier alpha value is -3.65. The van der Waals surface area contributed by atoms with Gasteiger partial charge in [0.25, 0.3) is 0 Å². The Bertz CT molecular complexity index is 1160. The summed E-state index contributed by atoms with van der Waals surface area (Å²) in [4.78, 5) is 18.2. The molecule has 0 fully saturated rings. The third kappa shape index (κ3) is 4.59. The van der Waals surface area contributed by atoms with Gasteiger partial charge in [-0.05, 0) is 72.8 Å². The van der Waals surface area contributed by atoms with E-state index in [2.05, 4.69) is 4.98 Å². The fourth-order valence-corrected chi connectivity index (χ4v) is 4.19. The zero-order chi connectivity index (χ0) is 22.0. The molecule has 0 aliphatic heterocycles. The summed E-state index contributed by atoms with van der Waals surface area (Å²) in [6.45, 7) is 0. The average molecular weight is 440 g/mol. The van der Waals surface area contributed by atoms with E-state index in [9.17, 15) is 23.1 Å². The molecular formula is C23H15F3N2O2S. The molecule has 1 N–H and O–H groups in total. The number of thiazole rings is 1. The quantitative estimate of drug-likeness (QED) is 0.381. The van der Waals surface area contributed by atoms with Crippen LogP contribution in [0.4, 0.5) is 29.7 Å². The van der Waals surface area contributed by atoms with Crippen molar-refractivity contribution < 1.29 is 23.1 Å². The van der Waals surface area contributed by atoms with Gasteiger partial charge in [-0.3, -0.25) is 9.69 Å². The lowest BCUT2D eigenvalue weighted by molar-refractivity contribution is -0.136. The molecular weight excluding hydrogens is 425 g/mol. The molecule has 0 unspecified atom stereocenters. The summed E-state index contributed by atoms with van der Waals surface area (Å²) >= 11 is 1.15. The highest BCUT2D eigenvalue weighted by atomic mass is 32.1. The SMILES string of the molecule is O=C(O)Cc1sc(N(c2ccc(F)cc2)c2ccc(F)cc2)nc1-c1ccc(F)cc1. The Balaban J connectivity index is 1.87. The largest absolute Gasteiger partial charge is 0.481 e. The Morgan fingerprint density at radius 1 is 0.806 bits per heavy atom. The van der Waals surface area contributed by atoms with Crippen LogP contribution in [0.5, 0.6) is 0 Å². The van der Waals surface area contributed by atoms with Crippen LogP contribution in [0.25, 0.3) is 11.3 Å². The smallest absolute Gasteiger partial charge is 0.308 e. The van der Waals surface area contributed by atoms with Gasteiger partial charge in [0.15, 0.2) is 5.13 Å². The third-order valence-electron chi connectivity index (χ3n) is 4.48. The van der Waals surface area contributed by atoms with Crippen molar-refractivity contribution in [2.45, 2.75) is 6.42 Å². The van der Waals surface area contributed by atoms with E-state index < -0.39 is 23.4 Å². The van der Waals surface area contributed by atoms with Crippen molar-refractivity contribution in [3.8, 4) is 11.3 Å². The maximum atomic E-state index is 13.5. The molecule has 0 amide bonds. The maximum Gasteiger partial charge on any atom is 0.308 e. The highest BCUT2D eigenvalue weighted by Gasteiger charge is 2.22. The second-order valence-electron chi connectivity index (χ2n) is 6.63. The van der Waals surface area contributed by atoms with Crippen LogP contribution in [0.1, 0.15) is 4.88 Å². The first-order chi connectivity index (χ1) is 14.9. The number of benzene rings is 3. The second kappa shape index (κ2) is 8.61. The molecule has 4 aromatic rings. The lowest BCUT2D eigenvalue weighted by atomic mass is 10.1. The molecule has 1 aromatic heterocycles. The van der Waals surface area contributed by atoms with Gasteiger partial charge < -0.3 is 5.11 Å². The minimum atomic E-state index is -1.03. The number of carbonyl (C=O) groups is 1. The number of carboxylic acid groups (broad SMARTS) is 1.